The topological polar surface area (TPSA) is 92.5 Å². The number of nitrogens with one attached hydrogen (secondary N) is 1. The molecule has 23 heavy (non-hydrogen) atoms. The summed E-state index contributed by atoms with van der Waals surface area (Å²) in [6, 6.07) is 3.45. The fourth-order valence-electron chi connectivity index (χ4n) is 2.52. The van der Waals surface area contributed by atoms with Gasteiger partial charge in [-0.25, -0.2) is 4.98 Å². The number of carbonyl (C=O) groups excluding carboxylic acids is 1. The van der Waals surface area contributed by atoms with Gasteiger partial charge in [-0.05, 0) is 12.1 Å². The highest BCUT2D eigenvalue weighted by atomic mass is 16.5. The third-order valence-electron chi connectivity index (χ3n) is 3.76. The summed E-state index contributed by atoms with van der Waals surface area (Å²) in [6.45, 7) is 0.556. The van der Waals surface area contributed by atoms with Crippen LogP contribution in [0.25, 0.3) is 0 Å². The molecule has 1 fully saturated rings. The number of nitrogens with zero attached hydrogens (tertiary/aromatic N) is 4. The van der Waals surface area contributed by atoms with Gasteiger partial charge in [0.1, 0.15) is 18.0 Å². The minimum absolute atomic E-state index is 0.170. The van der Waals surface area contributed by atoms with Gasteiger partial charge in [0.05, 0.1) is 31.0 Å². The lowest BCUT2D eigenvalue weighted by atomic mass is 10.2. The molecule has 0 aliphatic carbocycles. The minimum atomic E-state index is -0.733. The van der Waals surface area contributed by atoms with Crippen LogP contribution in [0.1, 0.15) is 10.4 Å². The molecule has 2 aromatic heterocycles. The summed E-state index contributed by atoms with van der Waals surface area (Å²) in [5.41, 5.74) is 0.484. The zero-order chi connectivity index (χ0) is 16.4. The molecule has 0 saturated carbocycles. The molecule has 1 saturated heterocycles. The van der Waals surface area contributed by atoms with Crippen LogP contribution in [0, 0.1) is 0 Å². The van der Waals surface area contributed by atoms with E-state index in [0.717, 1.165) is 0 Å². The highest BCUT2D eigenvalue weighted by molar-refractivity contribution is 5.94. The van der Waals surface area contributed by atoms with Crippen molar-refractivity contribution in [1.82, 2.24) is 19.7 Å². The molecule has 0 radical (unpaired) electrons. The van der Waals surface area contributed by atoms with Gasteiger partial charge >= 0.3 is 0 Å². The Bertz CT molecular complexity index is 685. The van der Waals surface area contributed by atoms with Crippen LogP contribution < -0.4 is 10.1 Å². The maximum atomic E-state index is 12.5. The number of aliphatic hydroxyl groups excluding tert-OH is 1. The van der Waals surface area contributed by atoms with Crippen molar-refractivity contribution in [3.63, 3.8) is 0 Å². The van der Waals surface area contributed by atoms with Gasteiger partial charge in [0, 0.05) is 20.3 Å². The summed E-state index contributed by atoms with van der Waals surface area (Å²) in [7, 11) is 3.55. The number of pyridine rings is 1. The van der Waals surface area contributed by atoms with E-state index in [1.165, 1.54) is 6.20 Å². The second-order valence-electron chi connectivity index (χ2n) is 5.47. The first kappa shape index (κ1) is 15.3. The highest BCUT2D eigenvalue weighted by Gasteiger charge is 2.36. The van der Waals surface area contributed by atoms with E-state index in [2.05, 4.69) is 15.4 Å². The number of likely N-dealkylation sites (tertiary alicyclic amines) is 1. The van der Waals surface area contributed by atoms with E-state index in [-0.39, 0.29) is 12.5 Å². The monoisotopic (exact) mass is 317 g/mol. The number of β-amino-alcohol motifs (C(OH)–C–C–N with tert-alkyl or cyclic N) is 1. The third-order valence-corrected chi connectivity index (χ3v) is 3.76. The number of anilines is 1. The van der Waals surface area contributed by atoms with E-state index in [1.54, 1.807) is 48.2 Å². The van der Waals surface area contributed by atoms with Crippen molar-refractivity contribution in [3.05, 3.63) is 36.3 Å². The fourth-order valence-corrected chi connectivity index (χ4v) is 2.52. The maximum Gasteiger partial charge on any atom is 0.255 e. The average Bonchev–Trinajstić information content (AvgIpc) is 3.13. The van der Waals surface area contributed by atoms with Gasteiger partial charge in [0.2, 0.25) is 0 Å². The Morgan fingerprint density at radius 2 is 2.22 bits per heavy atom. The first-order valence-corrected chi connectivity index (χ1v) is 7.33. The second-order valence-corrected chi connectivity index (χ2v) is 5.47. The second kappa shape index (κ2) is 6.25. The molecule has 1 aliphatic heterocycles. The largest absolute Gasteiger partial charge is 0.482 e. The molecule has 0 unspecified atom stereocenters. The molecule has 1 amide bonds. The summed E-state index contributed by atoms with van der Waals surface area (Å²) in [6.07, 6.45) is 3.63. The van der Waals surface area contributed by atoms with Crippen molar-refractivity contribution in [1.29, 1.82) is 0 Å². The zero-order valence-corrected chi connectivity index (χ0v) is 13.0. The lowest BCUT2D eigenvalue weighted by Crippen LogP contribution is -2.31. The Labute approximate surface area is 133 Å². The standard InChI is InChI=1S/C15H19N5O3/c1-16-14-4-3-10(5-17-14)15(22)20-8-12(21)13(9-20)23-11-6-18-19(2)7-11/h3-7,12-13,21H,8-9H2,1-2H3,(H,16,17)/t12-,13-/m1/s1. The summed E-state index contributed by atoms with van der Waals surface area (Å²) in [5, 5.41) is 17.1. The lowest BCUT2D eigenvalue weighted by Gasteiger charge is -2.16. The predicted molar refractivity (Wildman–Crippen MR) is 83.3 cm³/mol. The number of aryl methyl sites for hydroxylation is 1. The summed E-state index contributed by atoms with van der Waals surface area (Å²) < 4.78 is 7.33. The number of rotatable bonds is 4. The minimum Gasteiger partial charge on any atom is -0.482 e. The van der Waals surface area contributed by atoms with Crippen molar-refractivity contribution in [3.8, 4) is 5.75 Å². The van der Waals surface area contributed by atoms with Crippen molar-refractivity contribution >= 4 is 11.7 Å². The molecule has 8 nitrogen and oxygen atoms in total. The number of hydrogen-bond donors (Lipinski definition) is 2. The summed E-state index contributed by atoms with van der Waals surface area (Å²) >= 11 is 0. The van der Waals surface area contributed by atoms with Crippen molar-refractivity contribution < 1.29 is 14.6 Å². The molecule has 3 heterocycles. The molecule has 2 N–H and O–H groups in total. The van der Waals surface area contributed by atoms with Crippen LogP contribution in [0.4, 0.5) is 5.82 Å². The van der Waals surface area contributed by atoms with Gasteiger partial charge in [0.25, 0.3) is 5.91 Å². The Morgan fingerprint density at radius 1 is 1.39 bits per heavy atom. The highest BCUT2D eigenvalue weighted by Crippen LogP contribution is 2.20. The fraction of sp³-hybridized carbons (Fsp3) is 0.400. The van der Waals surface area contributed by atoms with Crippen LogP contribution in [0.3, 0.4) is 0 Å². The van der Waals surface area contributed by atoms with Crippen molar-refractivity contribution in [2.45, 2.75) is 12.2 Å². The number of carbonyl (C=O) groups is 1. The lowest BCUT2D eigenvalue weighted by molar-refractivity contribution is 0.0729. The third kappa shape index (κ3) is 3.26. The molecule has 3 rings (SSSR count). The van der Waals surface area contributed by atoms with Crippen molar-refractivity contribution in [2.75, 3.05) is 25.5 Å². The number of hydrogen-bond acceptors (Lipinski definition) is 6. The van der Waals surface area contributed by atoms with Crippen LogP contribution in [0.15, 0.2) is 30.7 Å². The first-order valence-electron chi connectivity index (χ1n) is 7.33. The van der Waals surface area contributed by atoms with Gasteiger partial charge in [-0.2, -0.15) is 5.10 Å². The summed E-state index contributed by atoms with van der Waals surface area (Å²) in [5.74, 6) is 1.10. The van der Waals surface area contributed by atoms with Gasteiger partial charge in [0.15, 0.2) is 5.75 Å². The SMILES string of the molecule is CNc1ccc(C(=O)N2C[C@@H](O)[C@H](Oc3cnn(C)c3)C2)cn1. The molecular weight excluding hydrogens is 298 g/mol. The Balaban J connectivity index is 1.66. The molecule has 0 aromatic carbocycles. The number of amides is 1. The Hall–Kier alpha value is -2.61. The number of aliphatic hydroxyl groups is 1. The quantitative estimate of drug-likeness (QED) is 0.832. The van der Waals surface area contributed by atoms with Crippen LogP contribution in [0.5, 0.6) is 5.75 Å². The molecule has 2 atom stereocenters. The van der Waals surface area contributed by atoms with Crippen molar-refractivity contribution in [2.24, 2.45) is 7.05 Å². The van der Waals surface area contributed by atoms with Crippen LogP contribution >= 0.6 is 0 Å². The van der Waals surface area contributed by atoms with Gasteiger partial charge in [-0.15, -0.1) is 0 Å². The molecule has 2 aromatic rings. The maximum absolute atomic E-state index is 12.5. The van der Waals surface area contributed by atoms with Crippen LogP contribution in [-0.2, 0) is 7.05 Å². The van der Waals surface area contributed by atoms with Gasteiger partial charge in [-0.1, -0.05) is 0 Å². The number of ether oxygens (including phenoxy) is 1. The van der Waals surface area contributed by atoms with Crippen LogP contribution in [0.2, 0.25) is 0 Å². The Morgan fingerprint density at radius 3 is 2.83 bits per heavy atom. The zero-order valence-electron chi connectivity index (χ0n) is 13.0. The predicted octanol–water partition coefficient (Wildman–Crippen LogP) is 0.121. The molecule has 122 valence electrons. The molecule has 0 spiro atoms. The molecule has 1 aliphatic rings. The molecular formula is C15H19N5O3. The van der Waals surface area contributed by atoms with Gasteiger partial charge < -0.3 is 20.1 Å². The normalized spacial score (nSPS) is 20.6. The average molecular weight is 317 g/mol. The summed E-state index contributed by atoms with van der Waals surface area (Å²) in [4.78, 5) is 18.2. The van der Waals surface area contributed by atoms with E-state index in [1.807, 2.05) is 0 Å². The van der Waals surface area contributed by atoms with E-state index < -0.39 is 12.2 Å². The number of aromatic nitrogens is 3. The van der Waals surface area contributed by atoms with E-state index in [9.17, 15) is 9.90 Å². The van der Waals surface area contributed by atoms with Crippen LogP contribution in [-0.4, -0.2) is 63.0 Å². The van der Waals surface area contributed by atoms with E-state index in [4.69, 9.17) is 4.74 Å². The van der Waals surface area contributed by atoms with E-state index in [0.29, 0.717) is 23.7 Å². The smallest absolute Gasteiger partial charge is 0.255 e. The van der Waals surface area contributed by atoms with E-state index >= 15 is 0 Å². The molecule has 8 heteroatoms. The molecule has 0 bridgehead atoms. The Kier molecular flexibility index (Phi) is 4.16. The van der Waals surface area contributed by atoms with Gasteiger partial charge in [-0.3, -0.25) is 9.48 Å². The first-order chi connectivity index (χ1) is 11.1.